The van der Waals surface area contributed by atoms with E-state index in [1.165, 1.54) is 31.1 Å². The van der Waals surface area contributed by atoms with E-state index in [9.17, 15) is 18.8 Å². The maximum Gasteiger partial charge on any atom is 0.269 e. The molecule has 1 unspecified atom stereocenters. The van der Waals surface area contributed by atoms with E-state index in [-0.39, 0.29) is 34.1 Å². The molecule has 0 aromatic carbocycles. The number of likely N-dealkylation sites (N-methyl/N-ethyl adjacent to an activating group) is 1. The van der Waals surface area contributed by atoms with Gasteiger partial charge in [0, 0.05) is 31.8 Å². The van der Waals surface area contributed by atoms with Crippen LogP contribution >= 0.6 is 11.6 Å². The number of rotatable bonds is 7. The highest BCUT2D eigenvalue weighted by Gasteiger charge is 2.40. The van der Waals surface area contributed by atoms with Gasteiger partial charge in [0.25, 0.3) is 5.91 Å². The zero-order valence-corrected chi connectivity index (χ0v) is 17.7. The molecule has 2 N–H and O–H groups in total. The summed E-state index contributed by atoms with van der Waals surface area (Å²) in [5.74, 6) is -2.24. The average Bonchev–Trinajstić information content (AvgIpc) is 3.59. The molecule has 2 aromatic rings. The first-order chi connectivity index (χ1) is 14.8. The molecule has 8 nitrogen and oxygen atoms in total. The van der Waals surface area contributed by atoms with Crippen LogP contribution in [0.5, 0.6) is 0 Å². The van der Waals surface area contributed by atoms with Crippen molar-refractivity contribution < 1.29 is 18.8 Å². The first-order valence-electron chi connectivity index (χ1n) is 9.52. The molecule has 1 atom stereocenters. The van der Waals surface area contributed by atoms with E-state index in [0.29, 0.717) is 5.56 Å². The number of nitrogens with one attached hydrogen (secondary N) is 2. The van der Waals surface area contributed by atoms with Gasteiger partial charge in [-0.2, -0.15) is 4.39 Å². The molecule has 1 saturated carbocycles. The van der Waals surface area contributed by atoms with Crippen molar-refractivity contribution in [2.75, 3.05) is 14.1 Å². The summed E-state index contributed by atoms with van der Waals surface area (Å²) in [4.78, 5) is 46.5. The van der Waals surface area contributed by atoms with Gasteiger partial charge in [0.2, 0.25) is 17.8 Å². The summed E-state index contributed by atoms with van der Waals surface area (Å²) in [6.07, 6.45) is 2.69. The van der Waals surface area contributed by atoms with Gasteiger partial charge in [0.1, 0.15) is 16.9 Å². The third kappa shape index (κ3) is 4.88. The van der Waals surface area contributed by atoms with E-state index in [1.54, 1.807) is 6.07 Å². The molecule has 0 radical (unpaired) electrons. The smallest absolute Gasteiger partial charge is 0.269 e. The molecule has 3 amide bonds. The lowest BCUT2D eigenvalue weighted by molar-refractivity contribution is -0.137. The normalized spacial score (nSPS) is 13.8. The summed E-state index contributed by atoms with van der Waals surface area (Å²) in [7, 11) is 2.87. The number of hydrogen-bond acceptors (Lipinski definition) is 5. The fourth-order valence-electron chi connectivity index (χ4n) is 3.26. The highest BCUT2D eigenvalue weighted by atomic mass is 35.5. The molecule has 31 heavy (non-hydrogen) atoms. The lowest BCUT2D eigenvalue weighted by Gasteiger charge is -2.30. The van der Waals surface area contributed by atoms with Crippen molar-refractivity contribution in [2.24, 2.45) is 0 Å². The summed E-state index contributed by atoms with van der Waals surface area (Å²) in [6.45, 7) is 3.53. The van der Waals surface area contributed by atoms with Crippen molar-refractivity contribution in [3.05, 3.63) is 59.3 Å². The Hall–Kier alpha value is -3.33. The molecule has 3 rings (SSSR count). The van der Waals surface area contributed by atoms with Crippen LogP contribution in [0.2, 0.25) is 5.15 Å². The zero-order chi connectivity index (χ0) is 22.7. The van der Waals surface area contributed by atoms with Crippen molar-refractivity contribution in [3.8, 4) is 11.3 Å². The molecule has 0 bridgehead atoms. The van der Waals surface area contributed by atoms with E-state index in [2.05, 4.69) is 27.2 Å². The second-order valence-electron chi connectivity index (χ2n) is 6.95. The quantitative estimate of drug-likeness (QED) is 0.502. The number of carbonyl (C=O) groups excluding carboxylic acids is 3. The summed E-state index contributed by atoms with van der Waals surface area (Å²) >= 11 is 6.22. The Bertz CT molecular complexity index is 1060. The Morgan fingerprint density at radius 1 is 1.19 bits per heavy atom. The topological polar surface area (TPSA) is 104 Å². The van der Waals surface area contributed by atoms with Gasteiger partial charge in [-0.25, -0.2) is 9.97 Å². The van der Waals surface area contributed by atoms with Crippen molar-refractivity contribution in [2.45, 2.75) is 24.9 Å². The zero-order valence-electron chi connectivity index (χ0n) is 17.0. The lowest BCUT2D eigenvalue weighted by Crippen LogP contribution is -2.43. The molecule has 10 heteroatoms. The van der Waals surface area contributed by atoms with Gasteiger partial charge in [-0.05, 0) is 42.7 Å². The van der Waals surface area contributed by atoms with E-state index < -0.39 is 23.8 Å². The van der Waals surface area contributed by atoms with Crippen LogP contribution < -0.4 is 10.6 Å². The summed E-state index contributed by atoms with van der Waals surface area (Å²) in [6, 6.07) is 4.42. The molecule has 1 aliphatic rings. The Morgan fingerprint density at radius 2 is 1.90 bits per heavy atom. The molecular formula is C21H21ClFN5O3. The van der Waals surface area contributed by atoms with Crippen molar-refractivity contribution in [3.63, 3.8) is 0 Å². The van der Waals surface area contributed by atoms with Gasteiger partial charge in [-0.1, -0.05) is 18.2 Å². The second-order valence-corrected chi connectivity index (χ2v) is 7.34. The Morgan fingerprint density at radius 3 is 2.48 bits per heavy atom. The van der Waals surface area contributed by atoms with Gasteiger partial charge in [-0.3, -0.25) is 14.4 Å². The molecule has 2 aromatic heterocycles. The number of halogens is 2. The minimum atomic E-state index is -0.979. The van der Waals surface area contributed by atoms with Crippen LogP contribution in [0.4, 0.5) is 4.39 Å². The first-order valence-corrected chi connectivity index (χ1v) is 9.90. The van der Waals surface area contributed by atoms with E-state index >= 15 is 0 Å². The molecule has 0 spiro atoms. The molecule has 2 heterocycles. The van der Waals surface area contributed by atoms with E-state index in [1.807, 2.05) is 0 Å². The molecule has 0 aliphatic heterocycles. The third-order valence-corrected chi connectivity index (χ3v) is 5.02. The van der Waals surface area contributed by atoms with E-state index in [0.717, 1.165) is 25.0 Å². The van der Waals surface area contributed by atoms with Gasteiger partial charge in [0.15, 0.2) is 0 Å². The highest BCUT2D eigenvalue weighted by Crippen LogP contribution is 2.36. The predicted molar refractivity (Wildman–Crippen MR) is 113 cm³/mol. The summed E-state index contributed by atoms with van der Waals surface area (Å²) in [5, 5.41) is 5.00. The molecule has 1 aliphatic carbocycles. The van der Waals surface area contributed by atoms with Gasteiger partial charge in [-0.15, -0.1) is 0 Å². The fourth-order valence-corrected chi connectivity index (χ4v) is 3.48. The predicted octanol–water partition coefficient (Wildman–Crippen LogP) is 2.26. The Kier molecular flexibility index (Phi) is 6.65. The van der Waals surface area contributed by atoms with Crippen molar-refractivity contribution >= 4 is 29.3 Å². The Labute approximate surface area is 183 Å². The van der Waals surface area contributed by atoms with Crippen LogP contribution in [0.15, 0.2) is 36.9 Å². The lowest BCUT2D eigenvalue weighted by atomic mass is 10.0. The van der Waals surface area contributed by atoms with Gasteiger partial charge >= 0.3 is 0 Å². The molecule has 0 saturated heterocycles. The summed E-state index contributed by atoms with van der Waals surface area (Å²) in [5.41, 5.74) is 0.739. The largest absolute Gasteiger partial charge is 0.357 e. The monoisotopic (exact) mass is 445 g/mol. The van der Waals surface area contributed by atoms with Crippen LogP contribution in [-0.2, 0) is 9.59 Å². The van der Waals surface area contributed by atoms with Crippen LogP contribution in [0.25, 0.3) is 11.3 Å². The van der Waals surface area contributed by atoms with Crippen LogP contribution in [0.3, 0.4) is 0 Å². The number of carbonyl (C=O) groups is 3. The van der Waals surface area contributed by atoms with Crippen LogP contribution in [0, 0.1) is 5.95 Å². The maximum absolute atomic E-state index is 14.1. The molecule has 162 valence electrons. The SMILES string of the molecule is C=CC(=O)N(C1CC1)C(C(=O)NC)c1cc(Cl)nc(-c2cc(F)nc(C(=O)NC)c2)c1. The average molecular weight is 446 g/mol. The van der Waals surface area contributed by atoms with Crippen molar-refractivity contribution in [1.82, 2.24) is 25.5 Å². The Balaban J connectivity index is 2.13. The maximum atomic E-state index is 14.1. The number of pyridine rings is 2. The standard InChI is InChI=1S/C21H21ClFN5O3/c1-4-18(29)28(13-5-6-13)19(21(31)25-3)12-8-14(26-16(22)9-12)11-7-15(20(30)24-2)27-17(23)10-11/h4,7-10,13,19H,1,5-6H2,2-3H3,(H,24,30)(H,25,31). The van der Waals surface area contributed by atoms with Crippen LogP contribution in [0.1, 0.15) is 34.9 Å². The van der Waals surface area contributed by atoms with Crippen LogP contribution in [-0.4, -0.2) is 52.7 Å². The molecular weight excluding hydrogens is 425 g/mol. The molecule has 1 fully saturated rings. The van der Waals surface area contributed by atoms with Crippen molar-refractivity contribution in [1.29, 1.82) is 0 Å². The number of nitrogens with zero attached hydrogens (tertiary/aromatic N) is 3. The van der Waals surface area contributed by atoms with Gasteiger partial charge < -0.3 is 15.5 Å². The minimum Gasteiger partial charge on any atom is -0.357 e. The number of amides is 3. The number of aromatic nitrogens is 2. The minimum absolute atomic E-state index is 0.0434. The fraction of sp³-hybridized carbons (Fsp3) is 0.286. The second kappa shape index (κ2) is 9.22. The highest BCUT2D eigenvalue weighted by molar-refractivity contribution is 6.29. The first kappa shape index (κ1) is 22.4. The number of hydrogen-bond donors (Lipinski definition) is 2. The van der Waals surface area contributed by atoms with E-state index in [4.69, 9.17) is 11.6 Å². The summed E-state index contributed by atoms with van der Waals surface area (Å²) < 4.78 is 14.1. The van der Waals surface area contributed by atoms with Gasteiger partial charge in [0.05, 0.1) is 5.69 Å². The third-order valence-electron chi connectivity index (χ3n) is 4.82.